The SMILES string of the molecule is Cc1cc(CCC(=O)O)cc(C(C)(C)C(=O)N[C@H]2C=C3C4C[C@H]2C[C@]3(F)C4)c1. The molecule has 4 bridgehead atoms. The monoisotopic (exact) mass is 385 g/mol. The van der Waals surface area contributed by atoms with Gasteiger partial charge < -0.3 is 10.4 Å². The van der Waals surface area contributed by atoms with Crippen LogP contribution in [0.2, 0.25) is 0 Å². The third-order valence-electron chi connectivity index (χ3n) is 6.92. The first-order chi connectivity index (χ1) is 13.1. The number of carbonyl (C=O) groups excluding carboxylic acids is 1. The highest BCUT2D eigenvalue weighted by molar-refractivity contribution is 5.88. The Labute approximate surface area is 165 Å². The Kier molecular flexibility index (Phi) is 4.40. The number of carbonyl (C=O) groups is 2. The van der Waals surface area contributed by atoms with Crippen LogP contribution in [-0.2, 0) is 21.4 Å². The number of hydrogen-bond acceptors (Lipinski definition) is 2. The number of benzene rings is 1. The van der Waals surface area contributed by atoms with Crippen molar-refractivity contribution < 1.29 is 19.1 Å². The zero-order valence-corrected chi connectivity index (χ0v) is 16.7. The van der Waals surface area contributed by atoms with Crippen molar-refractivity contribution in [2.75, 3.05) is 0 Å². The van der Waals surface area contributed by atoms with Crippen LogP contribution in [0.15, 0.2) is 29.8 Å². The van der Waals surface area contributed by atoms with Gasteiger partial charge in [0.1, 0.15) is 5.67 Å². The Morgan fingerprint density at radius 2 is 2.04 bits per heavy atom. The van der Waals surface area contributed by atoms with Crippen molar-refractivity contribution in [3.8, 4) is 0 Å². The summed E-state index contributed by atoms with van der Waals surface area (Å²) in [5.74, 6) is -0.328. The number of carboxylic acids is 1. The van der Waals surface area contributed by atoms with E-state index in [9.17, 15) is 14.0 Å². The van der Waals surface area contributed by atoms with E-state index in [0.717, 1.165) is 28.7 Å². The van der Waals surface area contributed by atoms with Gasteiger partial charge in [-0.3, -0.25) is 9.59 Å². The number of halogens is 1. The number of fused-ring (bicyclic) bond motifs is 1. The van der Waals surface area contributed by atoms with E-state index in [1.807, 2.05) is 45.0 Å². The van der Waals surface area contributed by atoms with Gasteiger partial charge in [-0.2, -0.15) is 0 Å². The average Bonchev–Trinajstić information content (AvgIpc) is 2.61. The average molecular weight is 385 g/mol. The molecule has 2 N–H and O–H groups in total. The molecule has 0 aromatic heterocycles. The molecule has 5 heteroatoms. The minimum absolute atomic E-state index is 0.0684. The van der Waals surface area contributed by atoms with Crippen molar-refractivity contribution in [3.05, 3.63) is 46.5 Å². The molecule has 0 heterocycles. The molecule has 0 spiro atoms. The molecule has 3 fully saturated rings. The Hall–Kier alpha value is -2.17. The smallest absolute Gasteiger partial charge is 0.303 e. The standard InChI is InChI=1S/C23H28FNO3/c1-13-6-14(4-5-20(26)27)8-17(7-13)22(2,3)21(28)25-19-10-18-15-9-16(19)12-23(18,24)11-15/h6-8,10,15-16,19H,4-5,9,11-12H2,1-3H3,(H,25,28)(H,26,27)/t15?,16-,19-,23+/m0/s1. The molecule has 5 aliphatic rings. The van der Waals surface area contributed by atoms with Crippen LogP contribution in [-0.4, -0.2) is 28.7 Å². The maximum atomic E-state index is 14.6. The minimum atomic E-state index is -1.10. The lowest BCUT2D eigenvalue weighted by Crippen LogP contribution is -2.60. The van der Waals surface area contributed by atoms with Gasteiger partial charge in [-0.05, 0) is 75.0 Å². The summed E-state index contributed by atoms with van der Waals surface area (Å²) in [5, 5.41) is 12.1. The fourth-order valence-electron chi connectivity index (χ4n) is 5.26. The summed E-state index contributed by atoms with van der Waals surface area (Å²) in [5.41, 5.74) is 1.87. The molecule has 1 aromatic rings. The fraction of sp³-hybridized carbons (Fsp3) is 0.565. The lowest BCUT2D eigenvalue weighted by molar-refractivity contribution is -0.137. The van der Waals surface area contributed by atoms with Gasteiger partial charge >= 0.3 is 5.97 Å². The molecular weight excluding hydrogens is 357 g/mol. The first-order valence-corrected chi connectivity index (χ1v) is 10.1. The summed E-state index contributed by atoms with van der Waals surface area (Å²) in [6.45, 7) is 5.74. The third-order valence-corrected chi connectivity index (χ3v) is 6.92. The number of carboxylic acid groups (broad SMARTS) is 1. The summed E-state index contributed by atoms with van der Waals surface area (Å²) in [7, 11) is 0. The number of aryl methyl sites for hydroxylation is 2. The van der Waals surface area contributed by atoms with E-state index in [1.54, 1.807) is 0 Å². The Bertz CT molecular complexity index is 875. The second kappa shape index (κ2) is 6.43. The van der Waals surface area contributed by atoms with Crippen molar-refractivity contribution in [1.29, 1.82) is 0 Å². The second-order valence-electron chi connectivity index (χ2n) is 9.41. The highest BCUT2D eigenvalue weighted by Gasteiger charge is 2.59. The molecule has 1 unspecified atom stereocenters. The number of alkyl halides is 1. The van der Waals surface area contributed by atoms with Gasteiger partial charge in [-0.25, -0.2) is 4.39 Å². The number of rotatable bonds is 6. The zero-order chi connectivity index (χ0) is 20.3. The number of allylic oxidation sites excluding steroid dienone is 1. The van der Waals surface area contributed by atoms with Crippen molar-refractivity contribution in [2.24, 2.45) is 11.8 Å². The van der Waals surface area contributed by atoms with Crippen molar-refractivity contribution in [3.63, 3.8) is 0 Å². The summed E-state index contributed by atoms with van der Waals surface area (Å²) >= 11 is 0. The lowest BCUT2D eigenvalue weighted by Gasteiger charge is -2.58. The van der Waals surface area contributed by atoms with Gasteiger partial charge in [0, 0.05) is 6.42 Å². The van der Waals surface area contributed by atoms with Crippen LogP contribution in [0.5, 0.6) is 0 Å². The molecule has 0 aliphatic heterocycles. The fourth-order valence-corrected chi connectivity index (χ4v) is 5.26. The van der Waals surface area contributed by atoms with Gasteiger partial charge in [0.25, 0.3) is 0 Å². The third kappa shape index (κ3) is 3.15. The van der Waals surface area contributed by atoms with Crippen molar-refractivity contribution in [2.45, 2.75) is 70.0 Å². The van der Waals surface area contributed by atoms with E-state index in [0.29, 0.717) is 25.2 Å². The summed E-state index contributed by atoms with van der Waals surface area (Å²) in [6, 6.07) is 5.81. The molecule has 150 valence electrons. The first-order valence-electron chi connectivity index (χ1n) is 10.1. The molecule has 28 heavy (non-hydrogen) atoms. The van der Waals surface area contributed by atoms with Gasteiger partial charge in [0.05, 0.1) is 11.5 Å². The van der Waals surface area contributed by atoms with E-state index >= 15 is 0 Å². The maximum absolute atomic E-state index is 14.6. The van der Waals surface area contributed by atoms with Crippen LogP contribution in [0, 0.1) is 18.8 Å². The molecule has 3 saturated carbocycles. The molecule has 0 saturated heterocycles. The van der Waals surface area contributed by atoms with Gasteiger partial charge in [-0.1, -0.05) is 29.8 Å². The van der Waals surface area contributed by atoms with E-state index < -0.39 is 17.1 Å². The van der Waals surface area contributed by atoms with Crippen LogP contribution >= 0.6 is 0 Å². The Morgan fingerprint density at radius 1 is 1.29 bits per heavy atom. The summed E-state index contributed by atoms with van der Waals surface area (Å²) < 4.78 is 14.6. The lowest BCUT2D eigenvalue weighted by atomic mass is 9.50. The number of aliphatic carboxylic acids is 1. The molecular formula is C23H28FNO3. The van der Waals surface area contributed by atoms with E-state index in [2.05, 4.69) is 5.32 Å². The predicted octanol–water partition coefficient (Wildman–Crippen LogP) is 3.85. The largest absolute Gasteiger partial charge is 0.481 e. The Morgan fingerprint density at radius 3 is 2.64 bits per heavy atom. The second-order valence-corrected chi connectivity index (χ2v) is 9.41. The summed E-state index contributed by atoms with van der Waals surface area (Å²) in [4.78, 5) is 24.0. The van der Waals surface area contributed by atoms with E-state index in [1.165, 1.54) is 0 Å². The topological polar surface area (TPSA) is 66.4 Å². The van der Waals surface area contributed by atoms with Crippen LogP contribution in [0.1, 0.15) is 56.2 Å². The molecule has 4 atom stereocenters. The van der Waals surface area contributed by atoms with Gasteiger partial charge in [0.2, 0.25) is 5.91 Å². The molecule has 1 aromatic carbocycles. The number of nitrogens with one attached hydrogen (secondary N) is 1. The van der Waals surface area contributed by atoms with Crippen LogP contribution in [0.4, 0.5) is 4.39 Å². The van der Waals surface area contributed by atoms with Crippen LogP contribution in [0.25, 0.3) is 0 Å². The van der Waals surface area contributed by atoms with Gasteiger partial charge in [0.15, 0.2) is 0 Å². The van der Waals surface area contributed by atoms with Gasteiger partial charge in [-0.15, -0.1) is 0 Å². The molecule has 4 nitrogen and oxygen atoms in total. The first kappa shape index (κ1) is 19.2. The molecule has 5 aliphatic carbocycles. The molecule has 0 radical (unpaired) electrons. The maximum Gasteiger partial charge on any atom is 0.303 e. The number of hydrogen-bond donors (Lipinski definition) is 2. The van der Waals surface area contributed by atoms with Crippen molar-refractivity contribution >= 4 is 11.9 Å². The van der Waals surface area contributed by atoms with Crippen molar-refractivity contribution in [1.82, 2.24) is 5.32 Å². The number of amides is 1. The minimum Gasteiger partial charge on any atom is -0.481 e. The zero-order valence-electron chi connectivity index (χ0n) is 16.7. The predicted molar refractivity (Wildman–Crippen MR) is 105 cm³/mol. The molecule has 1 amide bonds. The van der Waals surface area contributed by atoms with E-state index in [4.69, 9.17) is 5.11 Å². The summed E-state index contributed by atoms with van der Waals surface area (Å²) in [6.07, 6.45) is 4.65. The van der Waals surface area contributed by atoms with E-state index in [-0.39, 0.29) is 24.3 Å². The highest BCUT2D eigenvalue weighted by atomic mass is 19.1. The normalized spacial score (nSPS) is 30.4. The quantitative estimate of drug-likeness (QED) is 0.731. The Balaban J connectivity index is 1.51. The van der Waals surface area contributed by atoms with Crippen LogP contribution in [0.3, 0.4) is 0 Å². The molecule has 6 rings (SSSR count). The van der Waals surface area contributed by atoms with Crippen LogP contribution < -0.4 is 5.32 Å². The highest BCUT2D eigenvalue weighted by Crippen LogP contribution is 2.61.